The van der Waals surface area contributed by atoms with Crippen molar-refractivity contribution in [2.45, 2.75) is 19.4 Å². The molecule has 0 radical (unpaired) electrons. The van der Waals surface area contributed by atoms with Crippen molar-refractivity contribution >= 4 is 15.7 Å². The molecule has 6 heteroatoms. The van der Waals surface area contributed by atoms with Crippen molar-refractivity contribution in [2.75, 3.05) is 18.1 Å². The zero-order chi connectivity index (χ0) is 10.8. The van der Waals surface area contributed by atoms with Crippen LogP contribution in [0, 0.1) is 5.92 Å². The maximum Gasteiger partial charge on any atom is 0.224 e. The van der Waals surface area contributed by atoms with Gasteiger partial charge in [0.15, 0.2) is 9.84 Å². The maximum absolute atomic E-state index is 11.4. The summed E-state index contributed by atoms with van der Waals surface area (Å²) >= 11 is 0. The van der Waals surface area contributed by atoms with Gasteiger partial charge in [0, 0.05) is 6.04 Å². The van der Waals surface area contributed by atoms with Crippen molar-refractivity contribution in [1.29, 1.82) is 0 Å². The van der Waals surface area contributed by atoms with Crippen LogP contribution in [0.5, 0.6) is 0 Å². The van der Waals surface area contributed by atoms with Gasteiger partial charge in [-0.05, 0) is 13.3 Å². The first-order chi connectivity index (χ1) is 6.44. The van der Waals surface area contributed by atoms with Crippen molar-refractivity contribution in [3.8, 4) is 0 Å². The second-order valence-corrected chi connectivity index (χ2v) is 5.92. The van der Waals surface area contributed by atoms with E-state index in [2.05, 4.69) is 5.32 Å². The average Bonchev–Trinajstić information content (AvgIpc) is 2.46. The summed E-state index contributed by atoms with van der Waals surface area (Å²) in [6.45, 7) is 1.53. The summed E-state index contributed by atoms with van der Waals surface area (Å²) in [4.78, 5) is 11.4. The Morgan fingerprint density at radius 2 is 2.29 bits per heavy atom. The zero-order valence-corrected chi connectivity index (χ0v) is 8.88. The normalized spacial score (nSPS) is 27.1. The van der Waals surface area contributed by atoms with Crippen LogP contribution < -0.4 is 5.32 Å². The summed E-state index contributed by atoms with van der Waals surface area (Å²) < 4.78 is 22.1. The van der Waals surface area contributed by atoms with E-state index in [4.69, 9.17) is 5.11 Å². The molecular weight excluding hydrogens is 206 g/mol. The molecule has 2 atom stereocenters. The Bertz CT molecular complexity index is 311. The van der Waals surface area contributed by atoms with E-state index in [1.807, 2.05) is 0 Å². The average molecular weight is 221 g/mol. The number of carbonyl (C=O) groups excluding carboxylic acids is 1. The standard InChI is InChI=1S/C8H15NO4S/c1-6(4-10)9-8(11)7-2-3-14(12,13)5-7/h6-7,10H,2-5H2,1H3,(H,9,11). The van der Waals surface area contributed by atoms with Crippen LogP contribution in [0.1, 0.15) is 13.3 Å². The van der Waals surface area contributed by atoms with Gasteiger partial charge in [0.1, 0.15) is 0 Å². The maximum atomic E-state index is 11.4. The minimum atomic E-state index is -3.01. The Labute approximate surface area is 83.4 Å². The summed E-state index contributed by atoms with van der Waals surface area (Å²) in [5, 5.41) is 11.3. The summed E-state index contributed by atoms with van der Waals surface area (Å²) in [5.74, 6) is -0.670. The number of amides is 1. The first kappa shape index (κ1) is 11.5. The van der Waals surface area contributed by atoms with Gasteiger partial charge in [-0.1, -0.05) is 0 Å². The predicted molar refractivity (Wildman–Crippen MR) is 51.5 cm³/mol. The molecule has 0 saturated carbocycles. The van der Waals surface area contributed by atoms with E-state index in [-0.39, 0.29) is 30.1 Å². The van der Waals surface area contributed by atoms with Crippen LogP contribution in [0.4, 0.5) is 0 Å². The largest absolute Gasteiger partial charge is 0.394 e. The number of aliphatic hydroxyl groups excluding tert-OH is 1. The highest BCUT2D eigenvalue weighted by Crippen LogP contribution is 2.18. The molecule has 1 heterocycles. The Balaban J connectivity index is 2.48. The Hall–Kier alpha value is -0.620. The number of hydrogen-bond acceptors (Lipinski definition) is 4. The summed E-state index contributed by atoms with van der Waals surface area (Å²) in [7, 11) is -3.01. The van der Waals surface area contributed by atoms with Gasteiger partial charge in [-0.25, -0.2) is 8.42 Å². The monoisotopic (exact) mass is 221 g/mol. The first-order valence-electron chi connectivity index (χ1n) is 4.56. The fourth-order valence-corrected chi connectivity index (χ4v) is 3.15. The molecule has 82 valence electrons. The zero-order valence-electron chi connectivity index (χ0n) is 8.06. The van der Waals surface area contributed by atoms with Crippen LogP contribution in [0.3, 0.4) is 0 Å². The predicted octanol–water partition coefficient (Wildman–Crippen LogP) is -1.08. The quantitative estimate of drug-likeness (QED) is 0.635. The molecule has 1 fully saturated rings. The topological polar surface area (TPSA) is 83.5 Å². The molecule has 0 aliphatic carbocycles. The lowest BCUT2D eigenvalue weighted by Crippen LogP contribution is -2.39. The molecule has 0 aromatic carbocycles. The van der Waals surface area contributed by atoms with Crippen LogP contribution in [0.25, 0.3) is 0 Å². The van der Waals surface area contributed by atoms with E-state index in [1.165, 1.54) is 0 Å². The highest BCUT2D eigenvalue weighted by Gasteiger charge is 2.33. The molecular formula is C8H15NO4S. The number of sulfone groups is 1. The van der Waals surface area contributed by atoms with Crippen LogP contribution in [-0.4, -0.2) is 43.6 Å². The van der Waals surface area contributed by atoms with E-state index >= 15 is 0 Å². The molecule has 2 N–H and O–H groups in total. The number of carbonyl (C=O) groups is 1. The summed E-state index contributed by atoms with van der Waals surface area (Å²) in [5.41, 5.74) is 0. The summed E-state index contributed by atoms with van der Waals surface area (Å²) in [6.07, 6.45) is 0.395. The van der Waals surface area contributed by atoms with Gasteiger partial charge in [0.05, 0.1) is 24.0 Å². The Morgan fingerprint density at radius 3 is 2.71 bits per heavy atom. The molecule has 0 aromatic heterocycles. The third-order valence-corrected chi connectivity index (χ3v) is 4.03. The van der Waals surface area contributed by atoms with Crippen LogP contribution in [-0.2, 0) is 14.6 Å². The number of rotatable bonds is 3. The molecule has 1 amide bonds. The fourth-order valence-electron chi connectivity index (χ4n) is 1.41. The van der Waals surface area contributed by atoms with Crippen LogP contribution >= 0.6 is 0 Å². The fraction of sp³-hybridized carbons (Fsp3) is 0.875. The lowest BCUT2D eigenvalue weighted by molar-refractivity contribution is -0.125. The van der Waals surface area contributed by atoms with E-state index in [0.29, 0.717) is 6.42 Å². The van der Waals surface area contributed by atoms with Crippen molar-refractivity contribution in [1.82, 2.24) is 5.32 Å². The SMILES string of the molecule is CC(CO)NC(=O)C1CCS(=O)(=O)C1. The molecule has 1 aliphatic heterocycles. The van der Waals surface area contributed by atoms with E-state index in [1.54, 1.807) is 6.92 Å². The molecule has 0 aromatic rings. The first-order valence-corrected chi connectivity index (χ1v) is 6.38. The second kappa shape index (κ2) is 4.27. The number of aliphatic hydroxyl groups is 1. The molecule has 1 saturated heterocycles. The number of hydrogen-bond donors (Lipinski definition) is 2. The van der Waals surface area contributed by atoms with Gasteiger partial charge < -0.3 is 10.4 Å². The Kier molecular flexibility index (Phi) is 3.49. The highest BCUT2D eigenvalue weighted by atomic mass is 32.2. The lowest BCUT2D eigenvalue weighted by atomic mass is 10.1. The number of nitrogens with one attached hydrogen (secondary N) is 1. The van der Waals surface area contributed by atoms with Crippen LogP contribution in [0.2, 0.25) is 0 Å². The van der Waals surface area contributed by atoms with Crippen molar-refractivity contribution in [2.24, 2.45) is 5.92 Å². The minimum Gasteiger partial charge on any atom is -0.394 e. The van der Waals surface area contributed by atoms with Gasteiger partial charge in [-0.3, -0.25) is 4.79 Å². The lowest BCUT2D eigenvalue weighted by Gasteiger charge is -2.13. The molecule has 2 unspecified atom stereocenters. The second-order valence-electron chi connectivity index (χ2n) is 3.69. The molecule has 1 aliphatic rings. The highest BCUT2D eigenvalue weighted by molar-refractivity contribution is 7.91. The van der Waals surface area contributed by atoms with Gasteiger partial charge in [0.25, 0.3) is 0 Å². The molecule has 5 nitrogen and oxygen atoms in total. The van der Waals surface area contributed by atoms with Gasteiger partial charge in [-0.15, -0.1) is 0 Å². The third kappa shape index (κ3) is 2.95. The molecule has 0 spiro atoms. The van der Waals surface area contributed by atoms with Crippen molar-refractivity contribution in [3.63, 3.8) is 0 Å². The third-order valence-electron chi connectivity index (χ3n) is 2.27. The van der Waals surface area contributed by atoms with Crippen molar-refractivity contribution in [3.05, 3.63) is 0 Å². The molecule has 1 rings (SSSR count). The van der Waals surface area contributed by atoms with Gasteiger partial charge in [-0.2, -0.15) is 0 Å². The summed E-state index contributed by atoms with van der Waals surface area (Å²) in [6, 6.07) is -0.314. The van der Waals surface area contributed by atoms with E-state index in [9.17, 15) is 13.2 Å². The van der Waals surface area contributed by atoms with Gasteiger partial charge >= 0.3 is 0 Å². The van der Waals surface area contributed by atoms with Gasteiger partial charge in [0.2, 0.25) is 5.91 Å². The van der Waals surface area contributed by atoms with E-state index < -0.39 is 15.8 Å². The molecule has 14 heavy (non-hydrogen) atoms. The Morgan fingerprint density at radius 1 is 1.64 bits per heavy atom. The smallest absolute Gasteiger partial charge is 0.224 e. The molecule has 0 bridgehead atoms. The minimum absolute atomic E-state index is 0.0585. The van der Waals surface area contributed by atoms with Crippen LogP contribution in [0.15, 0.2) is 0 Å². The van der Waals surface area contributed by atoms with Crippen molar-refractivity contribution < 1.29 is 18.3 Å². The van der Waals surface area contributed by atoms with E-state index in [0.717, 1.165) is 0 Å².